The molecule has 1 aromatic rings. The van der Waals surface area contributed by atoms with E-state index >= 15 is 0 Å². The zero-order valence-electron chi connectivity index (χ0n) is 9.51. The Hall–Kier alpha value is -2.23. The molecule has 17 heavy (non-hydrogen) atoms. The van der Waals surface area contributed by atoms with Gasteiger partial charge in [0.15, 0.2) is 11.5 Å². The molecule has 4 nitrogen and oxygen atoms in total. The average Bonchev–Trinajstić information content (AvgIpc) is 2.29. The summed E-state index contributed by atoms with van der Waals surface area (Å²) in [6.07, 6.45) is 3.06. The molecule has 0 unspecified atom stereocenters. The number of carboxylic acids is 1. The lowest BCUT2D eigenvalue weighted by Crippen LogP contribution is -1.96. The minimum absolute atomic E-state index is 0.0111. The summed E-state index contributed by atoms with van der Waals surface area (Å²) in [5.41, 5.74) is 0.868. The van der Waals surface area contributed by atoms with Crippen molar-refractivity contribution in [3.63, 3.8) is 0 Å². The van der Waals surface area contributed by atoms with Gasteiger partial charge < -0.3 is 14.9 Å². The fraction of sp³-hybridized carbons (Fsp3) is 0.154. The number of rotatable bonds is 5. The SMILES string of the molecule is C=CCOc1cc(/C=C(\C)C(=O)O)ccc1O. The van der Waals surface area contributed by atoms with Crippen molar-refractivity contribution in [1.29, 1.82) is 0 Å². The lowest BCUT2D eigenvalue weighted by atomic mass is 10.1. The fourth-order valence-corrected chi connectivity index (χ4v) is 1.20. The van der Waals surface area contributed by atoms with E-state index in [0.717, 1.165) is 0 Å². The first-order valence-electron chi connectivity index (χ1n) is 5.03. The van der Waals surface area contributed by atoms with Gasteiger partial charge in [0.2, 0.25) is 0 Å². The predicted molar refractivity (Wildman–Crippen MR) is 65.1 cm³/mol. The third-order valence-corrected chi connectivity index (χ3v) is 2.06. The van der Waals surface area contributed by atoms with Crippen LogP contribution in [-0.4, -0.2) is 22.8 Å². The van der Waals surface area contributed by atoms with Gasteiger partial charge in [0.25, 0.3) is 0 Å². The first kappa shape index (κ1) is 12.8. The molecule has 4 heteroatoms. The second-order valence-electron chi connectivity index (χ2n) is 3.46. The van der Waals surface area contributed by atoms with Crippen LogP contribution >= 0.6 is 0 Å². The average molecular weight is 234 g/mol. The minimum atomic E-state index is -0.980. The van der Waals surface area contributed by atoms with Gasteiger partial charge >= 0.3 is 5.97 Å². The fourth-order valence-electron chi connectivity index (χ4n) is 1.20. The first-order chi connectivity index (χ1) is 8.04. The number of carboxylic acid groups (broad SMARTS) is 1. The van der Waals surface area contributed by atoms with Crippen LogP contribution in [0.3, 0.4) is 0 Å². The molecule has 0 heterocycles. The van der Waals surface area contributed by atoms with E-state index < -0.39 is 5.97 Å². The van der Waals surface area contributed by atoms with Gasteiger partial charge in [0, 0.05) is 5.57 Å². The molecule has 2 N–H and O–H groups in total. The largest absolute Gasteiger partial charge is 0.504 e. The summed E-state index contributed by atoms with van der Waals surface area (Å²) in [5.74, 6) is -0.666. The van der Waals surface area contributed by atoms with Gasteiger partial charge in [0.1, 0.15) is 6.61 Å². The molecule has 0 fully saturated rings. The number of carbonyl (C=O) groups is 1. The molecule has 0 aromatic heterocycles. The van der Waals surface area contributed by atoms with Crippen LogP contribution in [0.15, 0.2) is 36.4 Å². The third kappa shape index (κ3) is 3.68. The van der Waals surface area contributed by atoms with Crippen molar-refractivity contribution in [3.05, 3.63) is 42.0 Å². The Labute approximate surface area is 99.5 Å². The summed E-state index contributed by atoms with van der Waals surface area (Å²) in [6, 6.07) is 4.65. The summed E-state index contributed by atoms with van der Waals surface area (Å²) in [4.78, 5) is 10.7. The molecule has 90 valence electrons. The summed E-state index contributed by atoms with van der Waals surface area (Å²) >= 11 is 0. The van der Waals surface area contributed by atoms with Crippen LogP contribution in [0.2, 0.25) is 0 Å². The van der Waals surface area contributed by atoms with E-state index in [2.05, 4.69) is 6.58 Å². The molecule has 0 atom stereocenters. The van der Waals surface area contributed by atoms with Gasteiger partial charge in [-0.15, -0.1) is 0 Å². The molecular weight excluding hydrogens is 220 g/mol. The van der Waals surface area contributed by atoms with Gasteiger partial charge in [-0.1, -0.05) is 18.7 Å². The van der Waals surface area contributed by atoms with E-state index in [1.165, 1.54) is 19.1 Å². The minimum Gasteiger partial charge on any atom is -0.504 e. The Morgan fingerprint density at radius 1 is 1.53 bits per heavy atom. The van der Waals surface area contributed by atoms with Crippen LogP contribution in [0, 0.1) is 0 Å². The maximum atomic E-state index is 10.7. The van der Waals surface area contributed by atoms with Crippen LogP contribution < -0.4 is 4.74 Å². The molecule has 1 aromatic carbocycles. The number of benzene rings is 1. The number of ether oxygens (including phenoxy) is 1. The molecule has 0 radical (unpaired) electrons. The van der Waals surface area contributed by atoms with Crippen LogP contribution in [0.25, 0.3) is 6.08 Å². The third-order valence-electron chi connectivity index (χ3n) is 2.06. The molecule has 0 amide bonds. The molecule has 0 saturated carbocycles. The van der Waals surface area contributed by atoms with Crippen LogP contribution in [-0.2, 0) is 4.79 Å². The maximum Gasteiger partial charge on any atom is 0.331 e. The molecule has 0 bridgehead atoms. The topological polar surface area (TPSA) is 66.8 Å². The number of phenolic OH excluding ortho intramolecular Hbond substituents is 1. The summed E-state index contributed by atoms with van der Waals surface area (Å²) in [7, 11) is 0. The van der Waals surface area contributed by atoms with Crippen LogP contribution in [0.1, 0.15) is 12.5 Å². The van der Waals surface area contributed by atoms with Gasteiger partial charge in [-0.2, -0.15) is 0 Å². The Kier molecular flexibility index (Phi) is 4.34. The Bertz CT molecular complexity index is 460. The van der Waals surface area contributed by atoms with E-state index in [9.17, 15) is 9.90 Å². The van der Waals surface area contributed by atoms with Crippen molar-refractivity contribution in [3.8, 4) is 11.5 Å². The Morgan fingerprint density at radius 2 is 2.24 bits per heavy atom. The highest BCUT2D eigenvalue weighted by molar-refractivity contribution is 5.91. The van der Waals surface area contributed by atoms with Gasteiger partial charge in [0.05, 0.1) is 0 Å². The van der Waals surface area contributed by atoms with E-state index in [-0.39, 0.29) is 17.9 Å². The zero-order valence-corrected chi connectivity index (χ0v) is 9.51. The monoisotopic (exact) mass is 234 g/mol. The maximum absolute atomic E-state index is 10.7. The molecular formula is C13H14O4. The summed E-state index contributed by atoms with van der Waals surface area (Å²) in [5, 5.41) is 18.3. The molecule has 1 rings (SSSR count). The van der Waals surface area contributed by atoms with Crippen LogP contribution in [0.4, 0.5) is 0 Å². The van der Waals surface area contributed by atoms with E-state index in [4.69, 9.17) is 9.84 Å². The zero-order chi connectivity index (χ0) is 12.8. The number of hydrogen-bond donors (Lipinski definition) is 2. The van der Waals surface area contributed by atoms with Gasteiger partial charge in [-0.05, 0) is 30.7 Å². The van der Waals surface area contributed by atoms with Crippen molar-refractivity contribution < 1.29 is 19.7 Å². The highest BCUT2D eigenvalue weighted by Crippen LogP contribution is 2.27. The number of aliphatic carboxylic acids is 1. The standard InChI is InChI=1S/C13H14O4/c1-3-6-17-12-8-10(4-5-11(12)14)7-9(2)13(15)16/h3-5,7-8,14H,1,6H2,2H3,(H,15,16)/b9-7+. The number of hydrogen-bond acceptors (Lipinski definition) is 3. The van der Waals surface area contributed by atoms with Crippen molar-refractivity contribution in [2.75, 3.05) is 6.61 Å². The quantitative estimate of drug-likeness (QED) is 0.606. The molecule has 0 aliphatic carbocycles. The van der Waals surface area contributed by atoms with Crippen molar-refractivity contribution in [2.45, 2.75) is 6.92 Å². The second-order valence-corrected chi connectivity index (χ2v) is 3.46. The first-order valence-corrected chi connectivity index (χ1v) is 5.03. The second kappa shape index (κ2) is 5.75. The van der Waals surface area contributed by atoms with Crippen LogP contribution in [0.5, 0.6) is 11.5 Å². The Balaban J connectivity index is 2.99. The summed E-state index contributed by atoms with van der Waals surface area (Å²) in [6.45, 7) is 5.28. The van der Waals surface area contributed by atoms with E-state index in [1.807, 2.05) is 0 Å². The summed E-state index contributed by atoms with van der Waals surface area (Å²) < 4.78 is 5.22. The van der Waals surface area contributed by atoms with Crippen molar-refractivity contribution >= 4 is 12.0 Å². The smallest absolute Gasteiger partial charge is 0.331 e. The Morgan fingerprint density at radius 3 is 2.82 bits per heavy atom. The normalized spacial score (nSPS) is 11.0. The molecule has 0 aliphatic rings. The van der Waals surface area contributed by atoms with Gasteiger partial charge in [-0.25, -0.2) is 4.79 Å². The lowest BCUT2D eigenvalue weighted by molar-refractivity contribution is -0.132. The van der Waals surface area contributed by atoms with Gasteiger partial charge in [-0.3, -0.25) is 0 Å². The highest BCUT2D eigenvalue weighted by atomic mass is 16.5. The van der Waals surface area contributed by atoms with E-state index in [1.54, 1.807) is 18.2 Å². The lowest BCUT2D eigenvalue weighted by Gasteiger charge is -2.06. The number of aromatic hydroxyl groups is 1. The predicted octanol–water partition coefficient (Wildman–Crippen LogP) is 2.44. The molecule has 0 aliphatic heterocycles. The number of phenols is 1. The van der Waals surface area contributed by atoms with E-state index in [0.29, 0.717) is 11.3 Å². The molecule has 0 spiro atoms. The van der Waals surface area contributed by atoms with Crippen molar-refractivity contribution in [2.24, 2.45) is 0 Å². The highest BCUT2D eigenvalue weighted by Gasteiger charge is 2.04. The molecule has 0 saturated heterocycles. The van der Waals surface area contributed by atoms with Crippen molar-refractivity contribution in [1.82, 2.24) is 0 Å².